The molecule has 0 unspecified atom stereocenters. The summed E-state index contributed by atoms with van der Waals surface area (Å²) < 4.78 is 16.4. The average molecular weight is 427 g/mol. The third-order valence-electron chi connectivity index (χ3n) is 5.32. The molecule has 5 N–H and O–H groups in total. The van der Waals surface area contributed by atoms with Gasteiger partial charge in [-0.1, -0.05) is 30.3 Å². The third-order valence-corrected chi connectivity index (χ3v) is 5.32. The molecule has 1 saturated heterocycles. The van der Waals surface area contributed by atoms with E-state index in [0.717, 1.165) is 0 Å². The van der Waals surface area contributed by atoms with Gasteiger partial charge in [0.25, 0.3) is 0 Å². The third kappa shape index (κ3) is 2.92. The molecular formula is C21H17NO9. The molecule has 0 bridgehead atoms. The highest BCUT2D eigenvalue weighted by Gasteiger charge is 2.57. The van der Waals surface area contributed by atoms with Gasteiger partial charge < -0.3 is 34.7 Å². The van der Waals surface area contributed by atoms with Crippen LogP contribution in [0.1, 0.15) is 0 Å². The van der Waals surface area contributed by atoms with E-state index in [1.54, 1.807) is 48.5 Å². The number of aliphatic hydroxyl groups is 4. The first-order valence-electron chi connectivity index (χ1n) is 9.36. The zero-order valence-corrected chi connectivity index (χ0v) is 15.7. The molecule has 1 fully saturated rings. The Morgan fingerprint density at radius 3 is 2.32 bits per heavy atom. The smallest absolute Gasteiger partial charge is 0.357 e. The molecule has 1 aliphatic heterocycles. The van der Waals surface area contributed by atoms with Crippen molar-refractivity contribution in [1.29, 1.82) is 0 Å². The predicted octanol–water partition coefficient (Wildman–Crippen LogP) is 0.725. The Hall–Kier alpha value is -3.28. The van der Waals surface area contributed by atoms with Crippen molar-refractivity contribution < 1.29 is 44.2 Å². The molecule has 0 aliphatic carbocycles. The quantitative estimate of drug-likeness (QED) is 0.295. The van der Waals surface area contributed by atoms with Gasteiger partial charge in [-0.3, -0.25) is 4.74 Å². The Morgan fingerprint density at radius 2 is 1.61 bits per heavy atom. The monoisotopic (exact) mass is 427 g/mol. The first-order chi connectivity index (χ1) is 14.8. The number of aromatic nitrogens is 1. The number of aliphatic carboxylic acids is 1. The molecular weight excluding hydrogens is 410 g/mol. The number of nitrogens with zero attached hydrogens (tertiary/aromatic N) is 1. The Bertz CT molecular complexity index is 1320. The lowest BCUT2D eigenvalue weighted by molar-refractivity contribution is -0.415. The van der Waals surface area contributed by atoms with Gasteiger partial charge >= 0.3 is 11.9 Å². The number of hydrogen-bond acceptors (Lipinski definition) is 9. The lowest BCUT2D eigenvalue weighted by Crippen LogP contribution is -2.68. The van der Waals surface area contributed by atoms with Crippen molar-refractivity contribution in [3.8, 4) is 5.88 Å². The van der Waals surface area contributed by atoms with Crippen LogP contribution in [0.5, 0.6) is 5.88 Å². The summed E-state index contributed by atoms with van der Waals surface area (Å²) in [6.07, 6.45) is -8.27. The molecule has 31 heavy (non-hydrogen) atoms. The number of fused-ring (bicyclic) bond motifs is 5. The first kappa shape index (κ1) is 19.7. The van der Waals surface area contributed by atoms with E-state index in [0.29, 0.717) is 32.8 Å². The normalized spacial score (nSPS) is 28.9. The lowest BCUT2D eigenvalue weighted by Gasteiger charge is -2.43. The van der Waals surface area contributed by atoms with Crippen LogP contribution in [0.3, 0.4) is 0 Å². The molecule has 10 nitrogen and oxygen atoms in total. The van der Waals surface area contributed by atoms with Gasteiger partial charge in [-0.15, -0.1) is 0 Å². The highest BCUT2D eigenvalue weighted by molar-refractivity contribution is 6.14. The summed E-state index contributed by atoms with van der Waals surface area (Å²) in [4.78, 5) is 15.8. The van der Waals surface area contributed by atoms with E-state index in [1.807, 2.05) is 0 Å². The maximum atomic E-state index is 11.4. The van der Waals surface area contributed by atoms with Gasteiger partial charge in [0, 0.05) is 16.2 Å². The van der Waals surface area contributed by atoms with Gasteiger partial charge in [0.15, 0.2) is 17.8 Å². The van der Waals surface area contributed by atoms with Crippen molar-refractivity contribution in [3.05, 3.63) is 48.5 Å². The van der Waals surface area contributed by atoms with Crippen molar-refractivity contribution in [3.63, 3.8) is 0 Å². The maximum absolute atomic E-state index is 11.4. The highest BCUT2D eigenvalue weighted by atomic mass is 16.8. The van der Waals surface area contributed by atoms with Crippen molar-refractivity contribution in [2.24, 2.45) is 0 Å². The standard InChI is InChI=1S/C21H17NO9/c23-14-15(24)18(25)21(28,30-17(14)20(26)27)31-19-10-6-2-1-5-9(10)16-13(22-19)11-7-3-4-8-12(11)29-16/h1-8,14-15,17-18,23-25,28H,(H,26,27)/t14-,15-,17-,18+,21-/m0/s1. The summed E-state index contributed by atoms with van der Waals surface area (Å²) in [6, 6.07) is 14.0. The van der Waals surface area contributed by atoms with Crippen LogP contribution in [0.2, 0.25) is 0 Å². The van der Waals surface area contributed by atoms with Crippen LogP contribution in [-0.2, 0) is 9.53 Å². The van der Waals surface area contributed by atoms with E-state index < -0.39 is 36.4 Å². The number of benzene rings is 2. The molecule has 4 aromatic rings. The summed E-state index contributed by atoms with van der Waals surface area (Å²) >= 11 is 0. The van der Waals surface area contributed by atoms with E-state index in [-0.39, 0.29) is 5.88 Å². The number of hydrogen-bond donors (Lipinski definition) is 5. The second kappa shape index (κ2) is 6.87. The van der Waals surface area contributed by atoms with Gasteiger partial charge in [-0.2, -0.15) is 0 Å². The fraction of sp³-hybridized carbons (Fsp3) is 0.238. The number of carboxylic acids is 1. The van der Waals surface area contributed by atoms with Crippen molar-refractivity contribution in [1.82, 2.24) is 4.98 Å². The number of para-hydroxylation sites is 1. The summed E-state index contributed by atoms with van der Waals surface area (Å²) in [7, 11) is 0. The van der Waals surface area contributed by atoms with Crippen LogP contribution < -0.4 is 4.74 Å². The number of ether oxygens (including phenoxy) is 2. The van der Waals surface area contributed by atoms with Gasteiger partial charge in [-0.05, 0) is 18.2 Å². The highest BCUT2D eigenvalue weighted by Crippen LogP contribution is 2.39. The molecule has 0 radical (unpaired) electrons. The summed E-state index contributed by atoms with van der Waals surface area (Å²) in [6.45, 7) is 0. The van der Waals surface area contributed by atoms with E-state index in [1.165, 1.54) is 0 Å². The molecule has 2 aromatic heterocycles. The fourth-order valence-electron chi connectivity index (χ4n) is 3.76. The average Bonchev–Trinajstić information content (AvgIpc) is 3.14. The molecule has 5 rings (SSSR count). The fourth-order valence-corrected chi connectivity index (χ4v) is 3.76. The molecule has 10 heteroatoms. The maximum Gasteiger partial charge on any atom is 0.357 e. The van der Waals surface area contributed by atoms with Crippen molar-refractivity contribution >= 4 is 38.8 Å². The SMILES string of the molecule is O=C(O)[C@H]1O[C@](O)(Oc2nc3c4ccccc4oc3c3ccccc23)[C@H](O)[C@@H](O)[C@@H]1O. The van der Waals surface area contributed by atoms with Crippen molar-refractivity contribution in [2.45, 2.75) is 30.4 Å². The van der Waals surface area contributed by atoms with Gasteiger partial charge in [0.2, 0.25) is 5.88 Å². The number of furan rings is 1. The van der Waals surface area contributed by atoms with Crippen LogP contribution in [0.25, 0.3) is 32.8 Å². The molecule has 3 heterocycles. The zero-order valence-electron chi connectivity index (χ0n) is 15.7. The molecule has 0 saturated carbocycles. The predicted molar refractivity (Wildman–Crippen MR) is 105 cm³/mol. The Morgan fingerprint density at radius 1 is 0.968 bits per heavy atom. The summed E-state index contributed by atoms with van der Waals surface area (Å²) in [5.74, 6) is -4.84. The van der Waals surface area contributed by atoms with E-state index >= 15 is 0 Å². The zero-order chi connectivity index (χ0) is 21.9. The van der Waals surface area contributed by atoms with Crippen LogP contribution in [0.15, 0.2) is 52.9 Å². The largest absolute Gasteiger partial charge is 0.479 e. The van der Waals surface area contributed by atoms with Gasteiger partial charge in [0.1, 0.15) is 23.3 Å². The number of carboxylic acid groups (broad SMARTS) is 1. The lowest BCUT2D eigenvalue weighted by atomic mass is 9.97. The number of pyridine rings is 1. The topological polar surface area (TPSA) is 163 Å². The minimum atomic E-state index is -3.00. The Kier molecular flexibility index (Phi) is 4.36. The summed E-state index contributed by atoms with van der Waals surface area (Å²) in [5, 5.41) is 51.9. The van der Waals surface area contributed by atoms with Crippen LogP contribution >= 0.6 is 0 Å². The van der Waals surface area contributed by atoms with Crippen molar-refractivity contribution in [2.75, 3.05) is 0 Å². The van der Waals surface area contributed by atoms with Gasteiger partial charge in [-0.25, -0.2) is 9.78 Å². The summed E-state index contributed by atoms with van der Waals surface area (Å²) in [5.41, 5.74) is 1.46. The minimum absolute atomic E-state index is 0.191. The number of aliphatic hydroxyl groups excluding tert-OH is 3. The number of rotatable bonds is 3. The van der Waals surface area contributed by atoms with Gasteiger partial charge in [0.05, 0.1) is 0 Å². The minimum Gasteiger partial charge on any atom is -0.479 e. The second-order valence-electron chi connectivity index (χ2n) is 7.27. The molecule has 2 aromatic carbocycles. The van der Waals surface area contributed by atoms with E-state index in [4.69, 9.17) is 13.9 Å². The van der Waals surface area contributed by atoms with Crippen LogP contribution in [0.4, 0.5) is 0 Å². The molecule has 5 atom stereocenters. The van der Waals surface area contributed by atoms with Crippen LogP contribution in [0, 0.1) is 0 Å². The van der Waals surface area contributed by atoms with Crippen LogP contribution in [-0.4, -0.2) is 66.9 Å². The number of carbonyl (C=O) groups is 1. The van der Waals surface area contributed by atoms with E-state index in [2.05, 4.69) is 4.98 Å². The molecule has 160 valence electrons. The Balaban J connectivity index is 1.69. The van der Waals surface area contributed by atoms with E-state index in [9.17, 15) is 30.3 Å². The molecule has 0 amide bonds. The second-order valence-corrected chi connectivity index (χ2v) is 7.27. The Labute approximate surface area is 173 Å². The molecule has 0 spiro atoms. The molecule has 1 aliphatic rings. The first-order valence-corrected chi connectivity index (χ1v) is 9.36.